The Morgan fingerprint density at radius 3 is 2.69 bits per heavy atom. The predicted octanol–water partition coefficient (Wildman–Crippen LogP) is 1.52. The summed E-state index contributed by atoms with van der Waals surface area (Å²) in [6, 6.07) is 11.7. The fourth-order valence-electron chi connectivity index (χ4n) is 3.78. The molecule has 0 atom stereocenters. The number of methoxy groups -OCH3 is 1. The van der Waals surface area contributed by atoms with E-state index in [0.29, 0.717) is 24.5 Å². The number of nitrogens with one attached hydrogen (secondary N) is 1. The van der Waals surface area contributed by atoms with Gasteiger partial charge in [-0.3, -0.25) is 14.5 Å². The van der Waals surface area contributed by atoms with Gasteiger partial charge in [0.05, 0.1) is 17.7 Å². The zero-order valence-corrected chi connectivity index (χ0v) is 18.6. The highest BCUT2D eigenvalue weighted by Gasteiger charge is 2.31. The molecule has 1 N–H and O–H groups in total. The molecule has 170 valence electrons. The molecule has 2 amide bonds. The number of amides is 2. The number of rotatable bonds is 7. The van der Waals surface area contributed by atoms with Crippen molar-refractivity contribution in [3.05, 3.63) is 48.0 Å². The highest BCUT2D eigenvalue weighted by atomic mass is 32.2. The first kappa shape index (κ1) is 22.1. The van der Waals surface area contributed by atoms with Gasteiger partial charge >= 0.3 is 0 Å². The SMILES string of the molecule is COc1cccc(CNC(=O)CN2C(=O)COc3cc(S(=O)(=O)N4CCCC4)ccc32)c1. The fourth-order valence-corrected chi connectivity index (χ4v) is 5.31. The summed E-state index contributed by atoms with van der Waals surface area (Å²) in [6.45, 7) is 0.825. The van der Waals surface area contributed by atoms with Crippen LogP contribution in [0, 0.1) is 0 Å². The van der Waals surface area contributed by atoms with Gasteiger partial charge in [-0.1, -0.05) is 12.1 Å². The molecule has 4 rings (SSSR count). The molecule has 0 aromatic heterocycles. The summed E-state index contributed by atoms with van der Waals surface area (Å²) in [6.07, 6.45) is 1.68. The Labute approximate surface area is 187 Å². The van der Waals surface area contributed by atoms with E-state index in [1.165, 1.54) is 27.4 Å². The number of nitrogens with zero attached hydrogens (tertiary/aromatic N) is 2. The zero-order valence-electron chi connectivity index (χ0n) is 17.7. The Morgan fingerprint density at radius 1 is 1.16 bits per heavy atom. The Kier molecular flexibility index (Phi) is 6.33. The third-order valence-electron chi connectivity index (χ3n) is 5.50. The first-order valence-electron chi connectivity index (χ1n) is 10.4. The molecule has 0 bridgehead atoms. The van der Waals surface area contributed by atoms with E-state index in [2.05, 4.69) is 5.32 Å². The number of anilines is 1. The average molecular weight is 460 g/mol. The molecule has 2 aliphatic heterocycles. The van der Waals surface area contributed by atoms with Crippen molar-refractivity contribution < 1.29 is 27.5 Å². The molecule has 1 saturated heterocycles. The standard InChI is InChI=1S/C22H25N3O6S/c1-30-17-6-4-5-16(11-17)13-23-21(26)14-25-19-8-7-18(12-20(19)31-15-22(25)27)32(28,29)24-9-2-3-10-24/h4-8,11-12H,2-3,9-10,13-15H2,1H3,(H,23,26). The third-order valence-corrected chi connectivity index (χ3v) is 7.40. The van der Waals surface area contributed by atoms with Crippen LogP contribution in [0.2, 0.25) is 0 Å². The van der Waals surface area contributed by atoms with Crippen LogP contribution >= 0.6 is 0 Å². The van der Waals surface area contributed by atoms with E-state index in [1.807, 2.05) is 24.3 Å². The normalized spacial score (nSPS) is 16.4. The lowest BCUT2D eigenvalue weighted by molar-refractivity contribution is -0.125. The summed E-state index contributed by atoms with van der Waals surface area (Å²) in [4.78, 5) is 26.4. The van der Waals surface area contributed by atoms with Crippen molar-refractivity contribution in [2.45, 2.75) is 24.3 Å². The molecule has 0 radical (unpaired) electrons. The largest absolute Gasteiger partial charge is 0.497 e. The Hall–Kier alpha value is -3.11. The van der Waals surface area contributed by atoms with Gasteiger partial charge in [0.25, 0.3) is 5.91 Å². The van der Waals surface area contributed by atoms with Crippen molar-refractivity contribution in [1.82, 2.24) is 9.62 Å². The van der Waals surface area contributed by atoms with Crippen LogP contribution in [0.1, 0.15) is 18.4 Å². The van der Waals surface area contributed by atoms with E-state index in [0.717, 1.165) is 18.4 Å². The van der Waals surface area contributed by atoms with Crippen molar-refractivity contribution in [2.24, 2.45) is 0 Å². The molecule has 32 heavy (non-hydrogen) atoms. The van der Waals surface area contributed by atoms with Crippen LogP contribution in [0.5, 0.6) is 11.5 Å². The van der Waals surface area contributed by atoms with Crippen LogP contribution in [0.4, 0.5) is 5.69 Å². The molecule has 0 saturated carbocycles. The molecular weight excluding hydrogens is 434 g/mol. The number of hydrogen-bond donors (Lipinski definition) is 1. The highest BCUT2D eigenvalue weighted by Crippen LogP contribution is 2.35. The fraction of sp³-hybridized carbons (Fsp3) is 0.364. The third kappa shape index (κ3) is 4.56. The van der Waals surface area contributed by atoms with Crippen LogP contribution in [0.15, 0.2) is 47.4 Å². The van der Waals surface area contributed by atoms with Gasteiger partial charge in [0.2, 0.25) is 15.9 Å². The van der Waals surface area contributed by atoms with Gasteiger partial charge in [-0.05, 0) is 42.7 Å². The summed E-state index contributed by atoms with van der Waals surface area (Å²) in [5.74, 6) is 0.242. The second kappa shape index (κ2) is 9.17. The molecule has 1 fully saturated rings. The maximum absolute atomic E-state index is 12.8. The van der Waals surface area contributed by atoms with Gasteiger partial charge < -0.3 is 14.8 Å². The maximum Gasteiger partial charge on any atom is 0.265 e. The second-order valence-corrected chi connectivity index (χ2v) is 9.58. The number of benzene rings is 2. The van der Waals surface area contributed by atoms with E-state index in [-0.39, 0.29) is 42.2 Å². The number of fused-ring (bicyclic) bond motifs is 1. The predicted molar refractivity (Wildman–Crippen MR) is 117 cm³/mol. The Bertz CT molecular complexity index is 1130. The van der Waals surface area contributed by atoms with Gasteiger partial charge in [0.1, 0.15) is 18.0 Å². The minimum absolute atomic E-state index is 0.120. The second-order valence-electron chi connectivity index (χ2n) is 7.64. The molecule has 0 spiro atoms. The van der Waals surface area contributed by atoms with E-state index < -0.39 is 10.0 Å². The zero-order chi connectivity index (χ0) is 22.7. The van der Waals surface area contributed by atoms with Crippen molar-refractivity contribution in [3.8, 4) is 11.5 Å². The summed E-state index contributed by atoms with van der Waals surface area (Å²) in [7, 11) is -2.04. The first-order chi connectivity index (χ1) is 15.4. The number of carbonyl (C=O) groups is 2. The number of ether oxygens (including phenoxy) is 2. The van der Waals surface area contributed by atoms with E-state index in [9.17, 15) is 18.0 Å². The highest BCUT2D eigenvalue weighted by molar-refractivity contribution is 7.89. The van der Waals surface area contributed by atoms with Gasteiger partial charge in [-0.15, -0.1) is 0 Å². The van der Waals surface area contributed by atoms with E-state index in [1.54, 1.807) is 7.11 Å². The Morgan fingerprint density at radius 2 is 1.94 bits per heavy atom. The van der Waals surface area contributed by atoms with Crippen LogP contribution < -0.4 is 19.7 Å². The lowest BCUT2D eigenvalue weighted by atomic mass is 10.2. The molecule has 2 aromatic rings. The smallest absolute Gasteiger partial charge is 0.265 e. The molecule has 2 heterocycles. The number of sulfonamides is 1. The molecule has 2 aliphatic rings. The van der Waals surface area contributed by atoms with Crippen LogP contribution in [-0.2, 0) is 26.2 Å². The first-order valence-corrected chi connectivity index (χ1v) is 11.8. The summed E-state index contributed by atoms with van der Waals surface area (Å²) in [5, 5.41) is 2.79. The lowest BCUT2D eigenvalue weighted by Crippen LogP contribution is -2.45. The summed E-state index contributed by atoms with van der Waals surface area (Å²) >= 11 is 0. The number of carbonyl (C=O) groups excluding carboxylic acids is 2. The van der Waals surface area contributed by atoms with Crippen molar-refractivity contribution in [1.29, 1.82) is 0 Å². The average Bonchev–Trinajstić information content (AvgIpc) is 3.35. The summed E-state index contributed by atoms with van der Waals surface area (Å²) in [5.41, 5.74) is 1.24. The van der Waals surface area contributed by atoms with Crippen molar-refractivity contribution in [3.63, 3.8) is 0 Å². The van der Waals surface area contributed by atoms with Crippen molar-refractivity contribution in [2.75, 3.05) is 38.3 Å². The Balaban J connectivity index is 1.47. The molecular formula is C22H25N3O6S. The van der Waals surface area contributed by atoms with Crippen LogP contribution in [0.25, 0.3) is 0 Å². The maximum atomic E-state index is 12.8. The summed E-state index contributed by atoms with van der Waals surface area (Å²) < 4.78 is 37.8. The van der Waals surface area contributed by atoms with Crippen LogP contribution in [-0.4, -0.2) is 57.9 Å². The van der Waals surface area contributed by atoms with Gasteiger partial charge in [-0.25, -0.2) is 8.42 Å². The van der Waals surface area contributed by atoms with Gasteiger partial charge in [0.15, 0.2) is 6.61 Å². The van der Waals surface area contributed by atoms with Gasteiger partial charge in [0, 0.05) is 25.7 Å². The number of hydrogen-bond acceptors (Lipinski definition) is 6. The topological polar surface area (TPSA) is 105 Å². The van der Waals surface area contributed by atoms with Crippen molar-refractivity contribution >= 4 is 27.5 Å². The quantitative estimate of drug-likeness (QED) is 0.673. The van der Waals surface area contributed by atoms with E-state index in [4.69, 9.17) is 9.47 Å². The minimum Gasteiger partial charge on any atom is -0.497 e. The van der Waals surface area contributed by atoms with E-state index >= 15 is 0 Å². The van der Waals surface area contributed by atoms with Crippen LogP contribution in [0.3, 0.4) is 0 Å². The van der Waals surface area contributed by atoms with Gasteiger partial charge in [-0.2, -0.15) is 4.31 Å². The molecule has 0 aliphatic carbocycles. The molecule has 0 unspecified atom stereocenters. The molecule has 10 heteroatoms. The minimum atomic E-state index is -3.61. The monoisotopic (exact) mass is 459 g/mol. The molecule has 2 aromatic carbocycles. The lowest BCUT2D eigenvalue weighted by Gasteiger charge is -2.29. The molecule has 9 nitrogen and oxygen atoms in total.